The first-order valence-electron chi connectivity index (χ1n) is 12.5. The molecule has 7 heteroatoms. The third-order valence-corrected chi connectivity index (χ3v) is 6.40. The Morgan fingerprint density at radius 3 is 2.43 bits per heavy atom. The zero-order chi connectivity index (χ0) is 24.6. The molecule has 0 bridgehead atoms. The number of carbonyl (C=O) groups is 1. The summed E-state index contributed by atoms with van der Waals surface area (Å²) in [7, 11) is 0. The van der Waals surface area contributed by atoms with Crippen molar-refractivity contribution in [3.8, 4) is 17.1 Å². The van der Waals surface area contributed by atoms with Crippen LogP contribution in [0.3, 0.4) is 0 Å². The Morgan fingerprint density at radius 2 is 1.77 bits per heavy atom. The van der Waals surface area contributed by atoms with Crippen molar-refractivity contribution in [2.75, 3.05) is 45.9 Å². The first-order valence-corrected chi connectivity index (χ1v) is 12.5. The molecule has 1 N–H and O–H groups in total. The second-order valence-corrected chi connectivity index (χ2v) is 9.41. The molecule has 0 saturated carbocycles. The Kier molecular flexibility index (Phi) is 8.55. The van der Waals surface area contributed by atoms with Crippen LogP contribution in [0.15, 0.2) is 65.2 Å². The first kappa shape index (κ1) is 24.9. The smallest absolute Gasteiger partial charge is 0.273 e. The highest BCUT2D eigenvalue weighted by atomic mass is 16.5. The molecule has 2 heterocycles. The van der Waals surface area contributed by atoms with Gasteiger partial charge in [0.25, 0.3) is 5.91 Å². The number of amides is 1. The fourth-order valence-electron chi connectivity index (χ4n) is 4.30. The molecule has 1 fully saturated rings. The van der Waals surface area contributed by atoms with E-state index in [2.05, 4.69) is 65.3 Å². The fraction of sp³-hybridized carbons (Fsp3) is 0.429. The third-order valence-electron chi connectivity index (χ3n) is 6.40. The maximum absolute atomic E-state index is 12.9. The van der Waals surface area contributed by atoms with Gasteiger partial charge in [-0.05, 0) is 42.3 Å². The predicted octanol–water partition coefficient (Wildman–Crippen LogP) is 4.49. The molecule has 35 heavy (non-hydrogen) atoms. The third kappa shape index (κ3) is 6.71. The summed E-state index contributed by atoms with van der Waals surface area (Å²) in [6.45, 7) is 12.7. The van der Waals surface area contributed by atoms with Gasteiger partial charge in [0.1, 0.15) is 5.75 Å². The van der Waals surface area contributed by atoms with Crippen molar-refractivity contribution in [1.29, 1.82) is 0 Å². The van der Waals surface area contributed by atoms with Crippen molar-refractivity contribution in [3.05, 3.63) is 71.9 Å². The van der Waals surface area contributed by atoms with E-state index >= 15 is 0 Å². The number of piperazine rings is 1. The van der Waals surface area contributed by atoms with Crippen LogP contribution in [0.4, 0.5) is 0 Å². The van der Waals surface area contributed by atoms with E-state index in [4.69, 9.17) is 9.26 Å². The highest BCUT2D eigenvalue weighted by Crippen LogP contribution is 2.24. The van der Waals surface area contributed by atoms with Crippen molar-refractivity contribution >= 4 is 5.91 Å². The molecule has 0 unspecified atom stereocenters. The largest absolute Gasteiger partial charge is 0.493 e. The number of carbonyl (C=O) groups excluding carboxylic acids is 1. The summed E-state index contributed by atoms with van der Waals surface area (Å²) in [6.07, 6.45) is 0. The van der Waals surface area contributed by atoms with E-state index in [1.165, 1.54) is 5.56 Å². The maximum atomic E-state index is 12.9. The number of rotatable bonds is 10. The Morgan fingerprint density at radius 1 is 1.06 bits per heavy atom. The van der Waals surface area contributed by atoms with Gasteiger partial charge < -0.3 is 19.5 Å². The summed E-state index contributed by atoms with van der Waals surface area (Å²) in [5.41, 5.74) is 2.34. The zero-order valence-corrected chi connectivity index (χ0v) is 20.9. The fourth-order valence-corrected chi connectivity index (χ4v) is 4.30. The van der Waals surface area contributed by atoms with Gasteiger partial charge in [0.2, 0.25) is 0 Å². The molecule has 2 aromatic carbocycles. The minimum absolute atomic E-state index is 0.115. The highest BCUT2D eigenvalue weighted by Gasteiger charge is 2.25. The standard InChI is InChI=1S/C28H36N4O3/c1-4-31-14-16-32(17-15-31)26(22-8-6-5-7-9-22)19-29-28(33)25-18-27(35-30-25)23-10-12-24(13-11-23)34-20-21(2)3/h5-13,18,21,26H,4,14-17,19-20H2,1-3H3,(H,29,33)/t26-/m1/s1. The summed E-state index contributed by atoms with van der Waals surface area (Å²) in [6, 6.07) is 19.8. The van der Waals surface area contributed by atoms with Crippen LogP contribution in [0.1, 0.15) is 42.9 Å². The molecule has 7 nitrogen and oxygen atoms in total. The lowest BCUT2D eigenvalue weighted by molar-refractivity contribution is 0.0849. The van der Waals surface area contributed by atoms with Crippen molar-refractivity contribution in [3.63, 3.8) is 0 Å². The van der Waals surface area contributed by atoms with Crippen LogP contribution in [0, 0.1) is 5.92 Å². The van der Waals surface area contributed by atoms with Gasteiger partial charge in [0.15, 0.2) is 11.5 Å². The van der Waals surface area contributed by atoms with E-state index in [9.17, 15) is 4.79 Å². The lowest BCUT2D eigenvalue weighted by Crippen LogP contribution is -2.49. The lowest BCUT2D eigenvalue weighted by Gasteiger charge is -2.39. The molecular formula is C28H36N4O3. The van der Waals surface area contributed by atoms with Crippen LogP contribution < -0.4 is 10.1 Å². The number of hydrogen-bond acceptors (Lipinski definition) is 6. The molecule has 1 aliphatic heterocycles. The molecule has 0 radical (unpaired) electrons. The van der Waals surface area contributed by atoms with Crippen LogP contribution in [0.5, 0.6) is 5.75 Å². The monoisotopic (exact) mass is 476 g/mol. The van der Waals surface area contributed by atoms with E-state index in [0.29, 0.717) is 24.8 Å². The average molecular weight is 477 g/mol. The Hall–Kier alpha value is -3.16. The quantitative estimate of drug-likeness (QED) is 0.465. The van der Waals surface area contributed by atoms with E-state index in [1.807, 2.05) is 30.3 Å². The number of aromatic nitrogens is 1. The van der Waals surface area contributed by atoms with Gasteiger partial charge in [0.05, 0.1) is 12.6 Å². The minimum atomic E-state index is -0.231. The highest BCUT2D eigenvalue weighted by molar-refractivity contribution is 5.93. The van der Waals surface area contributed by atoms with Gasteiger partial charge in [-0.1, -0.05) is 56.3 Å². The van der Waals surface area contributed by atoms with Crippen molar-refractivity contribution in [1.82, 2.24) is 20.3 Å². The Balaban J connectivity index is 1.39. The van der Waals surface area contributed by atoms with Gasteiger partial charge >= 0.3 is 0 Å². The Bertz CT molecular complexity index is 1060. The van der Waals surface area contributed by atoms with Crippen molar-refractivity contribution in [2.24, 2.45) is 5.92 Å². The molecule has 0 aliphatic carbocycles. The number of benzene rings is 2. The van der Waals surface area contributed by atoms with Gasteiger partial charge in [0, 0.05) is 44.4 Å². The summed E-state index contributed by atoms with van der Waals surface area (Å²) in [5.74, 6) is 1.60. The molecule has 1 aromatic heterocycles. The van der Waals surface area contributed by atoms with Gasteiger partial charge in [-0.15, -0.1) is 0 Å². The maximum Gasteiger partial charge on any atom is 0.273 e. The van der Waals surface area contributed by atoms with Crippen LogP contribution in [-0.4, -0.2) is 66.7 Å². The van der Waals surface area contributed by atoms with Gasteiger partial charge in [-0.2, -0.15) is 0 Å². The molecule has 1 amide bonds. The van der Waals surface area contributed by atoms with E-state index in [-0.39, 0.29) is 17.6 Å². The first-order chi connectivity index (χ1) is 17.0. The molecule has 1 atom stereocenters. The Labute approximate surface area is 208 Å². The molecule has 3 aromatic rings. The summed E-state index contributed by atoms with van der Waals surface area (Å²) in [5, 5.41) is 7.10. The van der Waals surface area contributed by atoms with Crippen molar-refractivity contribution in [2.45, 2.75) is 26.8 Å². The summed E-state index contributed by atoms with van der Waals surface area (Å²) in [4.78, 5) is 17.8. The second kappa shape index (κ2) is 12.0. The van der Waals surface area contributed by atoms with Crippen molar-refractivity contribution < 1.29 is 14.1 Å². The van der Waals surface area contributed by atoms with Gasteiger partial charge in [-0.25, -0.2) is 0 Å². The zero-order valence-electron chi connectivity index (χ0n) is 20.9. The number of hydrogen-bond donors (Lipinski definition) is 1. The lowest BCUT2D eigenvalue weighted by atomic mass is 10.0. The molecule has 1 aliphatic rings. The second-order valence-electron chi connectivity index (χ2n) is 9.41. The number of likely N-dealkylation sites (N-methyl/N-ethyl adjacent to an activating group) is 1. The number of ether oxygens (including phenoxy) is 1. The number of nitrogens with zero attached hydrogens (tertiary/aromatic N) is 3. The summed E-state index contributed by atoms with van der Waals surface area (Å²) >= 11 is 0. The molecule has 1 saturated heterocycles. The van der Waals surface area contributed by atoms with Crippen LogP contribution in [0.25, 0.3) is 11.3 Å². The van der Waals surface area contributed by atoms with Gasteiger partial charge in [-0.3, -0.25) is 9.69 Å². The van der Waals surface area contributed by atoms with E-state index < -0.39 is 0 Å². The van der Waals surface area contributed by atoms with E-state index in [1.54, 1.807) is 6.07 Å². The van der Waals surface area contributed by atoms with E-state index in [0.717, 1.165) is 44.0 Å². The number of nitrogens with one attached hydrogen (secondary N) is 1. The normalized spacial score (nSPS) is 15.8. The molecule has 186 valence electrons. The predicted molar refractivity (Wildman–Crippen MR) is 137 cm³/mol. The van der Waals surface area contributed by atoms with Crippen LogP contribution in [-0.2, 0) is 0 Å². The molecule has 0 spiro atoms. The molecule has 4 rings (SSSR count). The average Bonchev–Trinajstić information content (AvgIpc) is 3.39. The minimum Gasteiger partial charge on any atom is -0.493 e. The SMILES string of the molecule is CCN1CCN([C@H](CNC(=O)c2cc(-c3ccc(OCC(C)C)cc3)on2)c2ccccc2)CC1. The summed E-state index contributed by atoms with van der Waals surface area (Å²) < 4.78 is 11.2. The van der Waals surface area contributed by atoms with Crippen LogP contribution in [0.2, 0.25) is 0 Å². The van der Waals surface area contributed by atoms with Crippen LogP contribution >= 0.6 is 0 Å². The molecular weight excluding hydrogens is 440 g/mol. The topological polar surface area (TPSA) is 70.8 Å².